The second-order valence-corrected chi connectivity index (χ2v) is 6.75. The third-order valence-electron chi connectivity index (χ3n) is 4.71. The maximum absolute atomic E-state index is 14.8. The van der Waals surface area contributed by atoms with Crippen molar-refractivity contribution in [2.45, 2.75) is 45.6 Å². The summed E-state index contributed by atoms with van der Waals surface area (Å²) in [5, 5.41) is 6.35. The number of anilines is 1. The van der Waals surface area contributed by atoms with Crippen LogP contribution in [0.3, 0.4) is 0 Å². The molecule has 0 amide bonds. The number of aryl methyl sites for hydroxylation is 1. The molecule has 6 nitrogen and oxygen atoms in total. The third kappa shape index (κ3) is 4.03. The number of nitrogens with two attached hydrogens (primary N) is 1. The molecule has 3 heterocycles. The molecule has 0 bridgehead atoms. The smallest absolute Gasteiger partial charge is 0.166 e. The number of nitrogens with one attached hydrogen (secondary N) is 1. The van der Waals surface area contributed by atoms with E-state index in [2.05, 4.69) is 15.4 Å². The van der Waals surface area contributed by atoms with E-state index < -0.39 is 74.2 Å². The van der Waals surface area contributed by atoms with Crippen molar-refractivity contribution in [1.29, 1.82) is 0 Å². The maximum Gasteiger partial charge on any atom is 0.166 e. The van der Waals surface area contributed by atoms with Gasteiger partial charge in [-0.25, -0.2) is 9.37 Å². The summed E-state index contributed by atoms with van der Waals surface area (Å²) in [5.41, 5.74) is 4.67. The van der Waals surface area contributed by atoms with E-state index in [-0.39, 0.29) is 28.9 Å². The summed E-state index contributed by atoms with van der Waals surface area (Å²) < 4.78 is 118. The lowest BCUT2D eigenvalue weighted by atomic mass is 9.98. The van der Waals surface area contributed by atoms with E-state index >= 15 is 0 Å². The molecule has 2 aromatic heterocycles. The van der Waals surface area contributed by atoms with E-state index in [0.29, 0.717) is 0 Å². The largest absolute Gasteiger partial charge is 0.482 e. The van der Waals surface area contributed by atoms with Gasteiger partial charge in [0.25, 0.3) is 0 Å². The van der Waals surface area contributed by atoms with E-state index in [4.69, 9.17) is 26.9 Å². The van der Waals surface area contributed by atoms with Gasteiger partial charge in [-0.1, -0.05) is 6.07 Å². The summed E-state index contributed by atoms with van der Waals surface area (Å²) >= 11 is 0. The molecule has 7 heteroatoms. The summed E-state index contributed by atoms with van der Waals surface area (Å²) in [4.78, 5) is 3.95. The minimum absolute atomic E-state index is 0.0903. The molecule has 30 heavy (non-hydrogen) atoms. The van der Waals surface area contributed by atoms with Gasteiger partial charge in [-0.05, 0) is 69.7 Å². The first kappa shape index (κ1) is 10.4. The number of hydrogen-bond acceptors (Lipinski definition) is 5. The number of rotatable bonds is 5. The van der Waals surface area contributed by atoms with Crippen LogP contribution in [-0.4, -0.2) is 27.8 Å². The average molecular weight is 422 g/mol. The van der Waals surface area contributed by atoms with Crippen LogP contribution in [-0.2, 0) is 0 Å². The SMILES string of the molecule is [2H]c1nc(N)c(O[C@H](C)c2c(C([2H])([2H])[2H])ccc(F)c2C([2H])([2H])[2H])cc1-c1cnn(C2([2H])CC([2H])([2H])NC([2H])([2H])C2)c1. The lowest BCUT2D eigenvalue weighted by Crippen LogP contribution is -2.29. The minimum atomic E-state index is -3.01. The molecule has 4 rings (SSSR count). The van der Waals surface area contributed by atoms with Crippen LogP contribution in [0, 0.1) is 19.5 Å². The molecule has 0 radical (unpaired) electrons. The van der Waals surface area contributed by atoms with Crippen molar-refractivity contribution in [3.8, 4) is 16.9 Å². The molecule has 0 saturated carbocycles. The van der Waals surface area contributed by atoms with Crippen molar-refractivity contribution >= 4 is 5.82 Å². The number of aromatic nitrogens is 3. The van der Waals surface area contributed by atoms with Crippen LogP contribution in [0.4, 0.5) is 10.2 Å². The number of piperidine rings is 1. The predicted octanol–water partition coefficient (Wildman–Crippen LogP) is 4.35. The Morgan fingerprint density at radius 2 is 2.23 bits per heavy atom. The molecule has 0 aliphatic carbocycles. The number of halogens is 1. The third-order valence-corrected chi connectivity index (χ3v) is 4.71. The molecule has 3 aromatic rings. The van der Waals surface area contributed by atoms with Crippen molar-refractivity contribution in [2.24, 2.45) is 0 Å². The predicted molar refractivity (Wildman–Crippen MR) is 116 cm³/mol. The van der Waals surface area contributed by atoms with Gasteiger partial charge in [0.15, 0.2) is 11.6 Å². The van der Waals surface area contributed by atoms with Gasteiger partial charge in [0.1, 0.15) is 11.9 Å². The first-order valence-electron chi connectivity index (χ1n) is 15.2. The van der Waals surface area contributed by atoms with Crippen LogP contribution in [0.25, 0.3) is 11.1 Å². The normalized spacial score (nSPS) is 27.0. The monoisotopic (exact) mass is 421 g/mol. The Morgan fingerprint density at radius 1 is 1.40 bits per heavy atom. The van der Waals surface area contributed by atoms with Gasteiger partial charge in [-0.3, -0.25) is 4.68 Å². The fourth-order valence-corrected chi connectivity index (χ4v) is 3.13. The molecule has 1 saturated heterocycles. The quantitative estimate of drug-likeness (QED) is 0.640. The van der Waals surface area contributed by atoms with Crippen molar-refractivity contribution in [1.82, 2.24) is 20.1 Å². The second-order valence-electron chi connectivity index (χ2n) is 6.75. The Bertz CT molecular complexity index is 1490. The molecule has 3 N–H and O–H groups in total. The zero-order valence-corrected chi connectivity index (χ0v) is 16.1. The van der Waals surface area contributed by atoms with Gasteiger partial charge >= 0.3 is 0 Å². The maximum atomic E-state index is 14.8. The molecule has 1 aliphatic heterocycles. The highest BCUT2D eigenvalue weighted by Crippen LogP contribution is 2.33. The first-order chi connectivity index (χ1) is 19.0. The fourth-order valence-electron chi connectivity index (χ4n) is 3.13. The van der Waals surface area contributed by atoms with E-state index in [1.54, 1.807) is 0 Å². The molecular weight excluding hydrogens is 381 g/mol. The standard InChI is InChI=1S/C23H28FN5O/c1-14-4-5-20(24)15(2)22(14)16(3)30-21-10-17(11-27-23(21)25)18-12-28-29(13-18)19-6-8-26-9-7-19/h4-5,10-13,16,19,26H,6-9H2,1-3H3,(H2,25,27)/t16-/m1/s1/i1D3,2D3,8D2,9D2,11D,19D. The van der Waals surface area contributed by atoms with Crippen LogP contribution in [0.5, 0.6) is 5.75 Å². The lowest BCUT2D eigenvalue weighted by Gasteiger charge is -2.22. The zero-order chi connectivity index (χ0) is 31.6. The number of benzene rings is 1. The van der Waals surface area contributed by atoms with Crippen molar-refractivity contribution in [3.05, 3.63) is 59.3 Å². The molecule has 1 aromatic carbocycles. The Hall–Kier alpha value is -2.93. The van der Waals surface area contributed by atoms with Crippen molar-refractivity contribution in [2.75, 3.05) is 18.7 Å². The summed E-state index contributed by atoms with van der Waals surface area (Å²) in [7, 11) is 0. The van der Waals surface area contributed by atoms with Gasteiger partial charge in [0.2, 0.25) is 0 Å². The lowest BCUT2D eigenvalue weighted by molar-refractivity contribution is 0.225. The number of nitrogen functional groups attached to an aromatic ring is 1. The first-order valence-corrected chi connectivity index (χ1v) is 9.15. The van der Waals surface area contributed by atoms with Crippen molar-refractivity contribution < 1.29 is 25.6 Å². The molecule has 1 fully saturated rings. The number of ether oxygens (including phenoxy) is 1. The molecule has 158 valence electrons. The Balaban J connectivity index is 1.75. The van der Waals surface area contributed by atoms with E-state index in [1.165, 1.54) is 25.4 Å². The zero-order valence-electron chi connectivity index (χ0n) is 28.1. The van der Waals surface area contributed by atoms with E-state index in [0.717, 1.165) is 16.8 Å². The minimum Gasteiger partial charge on any atom is -0.482 e. The summed E-state index contributed by atoms with van der Waals surface area (Å²) in [6.07, 6.45) is 0.0673. The topological polar surface area (TPSA) is 78.0 Å². The van der Waals surface area contributed by atoms with Crippen molar-refractivity contribution in [3.63, 3.8) is 0 Å². The van der Waals surface area contributed by atoms with Gasteiger partial charge in [0.05, 0.1) is 15.0 Å². The van der Waals surface area contributed by atoms with Gasteiger partial charge in [-0.15, -0.1) is 0 Å². The summed E-state index contributed by atoms with van der Waals surface area (Å²) in [6.45, 7) is -8.89. The number of pyridine rings is 1. The highest BCUT2D eigenvalue weighted by Gasteiger charge is 2.19. The molecule has 0 spiro atoms. The average Bonchev–Trinajstić information content (AvgIpc) is 3.27. The summed E-state index contributed by atoms with van der Waals surface area (Å²) in [5.74, 6) is -1.60. The fraction of sp³-hybridized carbons (Fsp3) is 0.391. The van der Waals surface area contributed by atoms with Crippen LogP contribution < -0.4 is 15.8 Å². The Morgan fingerprint density at radius 3 is 3.00 bits per heavy atom. The molecular formula is C23H28FN5O. The van der Waals surface area contributed by atoms with Gasteiger partial charge < -0.3 is 15.8 Å². The van der Waals surface area contributed by atoms with Crippen LogP contribution in [0.1, 0.15) is 65.0 Å². The van der Waals surface area contributed by atoms with E-state index in [1.807, 2.05) is 0 Å². The van der Waals surface area contributed by atoms with Crippen LogP contribution >= 0.6 is 0 Å². The number of hydrogen-bond donors (Lipinski definition) is 2. The molecule has 1 atom stereocenters. The Labute approximate surface area is 193 Å². The number of nitrogens with zero attached hydrogens (tertiary/aromatic N) is 3. The highest BCUT2D eigenvalue weighted by atomic mass is 19.1. The van der Waals surface area contributed by atoms with Crippen LogP contribution in [0.2, 0.25) is 0 Å². The van der Waals surface area contributed by atoms with Crippen LogP contribution in [0.15, 0.2) is 36.8 Å². The second kappa shape index (κ2) is 8.44. The molecule has 1 aliphatic rings. The summed E-state index contributed by atoms with van der Waals surface area (Å²) in [6, 6.07) is 1.22. The van der Waals surface area contributed by atoms with E-state index in [9.17, 15) is 4.39 Å². The van der Waals surface area contributed by atoms with Gasteiger partial charge in [-0.2, -0.15) is 5.10 Å². The molecule has 0 unspecified atom stereocenters. The van der Waals surface area contributed by atoms with Gasteiger partial charge in [0, 0.05) is 42.8 Å². The highest BCUT2D eigenvalue weighted by molar-refractivity contribution is 5.66. The Kier molecular flexibility index (Phi) is 2.92.